The second-order valence-corrected chi connectivity index (χ2v) is 4.98. The highest BCUT2D eigenvalue weighted by molar-refractivity contribution is 6.01. The van der Waals surface area contributed by atoms with E-state index in [1.54, 1.807) is 12.1 Å². The van der Waals surface area contributed by atoms with Crippen LogP contribution < -0.4 is 0 Å². The van der Waals surface area contributed by atoms with E-state index in [9.17, 15) is 9.90 Å². The quantitative estimate of drug-likeness (QED) is 0.902. The number of carboxylic acids is 1. The van der Waals surface area contributed by atoms with E-state index in [-0.39, 0.29) is 0 Å². The molecule has 0 aliphatic heterocycles. The third-order valence-corrected chi connectivity index (χ3v) is 3.87. The molecule has 4 nitrogen and oxygen atoms in total. The molecule has 94 valence electrons. The number of carboxylic acid groups (broad SMARTS) is 1. The number of nitrogens with zero attached hydrogens (tertiary/aromatic N) is 2. The Morgan fingerprint density at radius 2 is 2.33 bits per heavy atom. The number of carbonyl (C=O) groups is 1. The topological polar surface area (TPSA) is 55.1 Å². The number of rotatable bonds is 3. The summed E-state index contributed by atoms with van der Waals surface area (Å²) in [5.74, 6) is 0.724. The molecule has 2 unspecified atom stereocenters. The highest BCUT2D eigenvalue weighted by Gasteiger charge is 2.38. The zero-order valence-electron chi connectivity index (χ0n) is 10.6. The van der Waals surface area contributed by atoms with E-state index in [2.05, 4.69) is 16.5 Å². The molecule has 0 bridgehead atoms. The molecule has 0 amide bonds. The summed E-state index contributed by atoms with van der Waals surface area (Å²) in [5.41, 5.74) is 1.86. The van der Waals surface area contributed by atoms with Crippen LogP contribution in [0.15, 0.2) is 18.2 Å². The monoisotopic (exact) mass is 244 g/mol. The predicted molar refractivity (Wildman–Crippen MR) is 68.9 cm³/mol. The smallest absolute Gasteiger partial charge is 0.337 e. The van der Waals surface area contributed by atoms with E-state index in [1.165, 1.54) is 12.8 Å². The summed E-state index contributed by atoms with van der Waals surface area (Å²) < 4.78 is 2.20. The first-order valence-electron chi connectivity index (χ1n) is 6.34. The van der Waals surface area contributed by atoms with E-state index in [1.807, 2.05) is 13.0 Å². The van der Waals surface area contributed by atoms with Gasteiger partial charge in [0.15, 0.2) is 0 Å². The molecule has 0 radical (unpaired) electrons. The molecule has 2 atom stereocenters. The number of hydrogen-bond acceptors (Lipinski definition) is 2. The standard InChI is InChI=1S/C14H16N2O2/c1-3-9-7-12(9)16-8(2)15-13-10(14(17)18)5-4-6-11(13)16/h4-6,9,12H,3,7H2,1-2H3,(H,17,18). The van der Waals surface area contributed by atoms with E-state index < -0.39 is 5.97 Å². The summed E-state index contributed by atoms with van der Waals surface area (Å²) in [6.07, 6.45) is 2.35. The van der Waals surface area contributed by atoms with Crippen molar-refractivity contribution in [1.82, 2.24) is 9.55 Å². The largest absolute Gasteiger partial charge is 0.478 e. The lowest BCUT2D eigenvalue weighted by atomic mass is 10.2. The Labute approximate surface area is 105 Å². The van der Waals surface area contributed by atoms with Gasteiger partial charge in [0, 0.05) is 6.04 Å². The van der Waals surface area contributed by atoms with Crippen LogP contribution in [0.1, 0.15) is 42.0 Å². The Morgan fingerprint density at radius 1 is 1.56 bits per heavy atom. The van der Waals surface area contributed by atoms with Crippen molar-refractivity contribution in [3.8, 4) is 0 Å². The van der Waals surface area contributed by atoms with Crippen LogP contribution in [0, 0.1) is 12.8 Å². The maximum absolute atomic E-state index is 11.2. The SMILES string of the molecule is CCC1CC1n1c(C)nc2c(C(=O)O)cccc21. The summed E-state index contributed by atoms with van der Waals surface area (Å²) in [6.45, 7) is 4.15. The molecule has 1 fully saturated rings. The molecule has 18 heavy (non-hydrogen) atoms. The van der Waals surface area contributed by atoms with E-state index in [0.717, 1.165) is 17.3 Å². The van der Waals surface area contributed by atoms with Crippen molar-refractivity contribution in [3.63, 3.8) is 0 Å². The first kappa shape index (κ1) is 11.3. The van der Waals surface area contributed by atoms with Crippen LogP contribution in [0.3, 0.4) is 0 Å². The molecule has 1 aromatic heterocycles. The zero-order valence-corrected chi connectivity index (χ0v) is 10.6. The van der Waals surface area contributed by atoms with Crippen molar-refractivity contribution in [2.45, 2.75) is 32.7 Å². The van der Waals surface area contributed by atoms with Crippen molar-refractivity contribution in [2.75, 3.05) is 0 Å². The van der Waals surface area contributed by atoms with Gasteiger partial charge in [0.25, 0.3) is 0 Å². The number of aryl methyl sites for hydroxylation is 1. The van der Waals surface area contributed by atoms with Crippen LogP contribution in [-0.2, 0) is 0 Å². The molecule has 1 aliphatic carbocycles. The van der Waals surface area contributed by atoms with Crippen molar-refractivity contribution in [2.24, 2.45) is 5.92 Å². The van der Waals surface area contributed by atoms with Gasteiger partial charge in [-0.05, 0) is 31.4 Å². The summed E-state index contributed by atoms with van der Waals surface area (Å²) in [5, 5.41) is 9.19. The maximum Gasteiger partial charge on any atom is 0.337 e. The van der Waals surface area contributed by atoms with Crippen molar-refractivity contribution in [1.29, 1.82) is 0 Å². The van der Waals surface area contributed by atoms with Crippen LogP contribution >= 0.6 is 0 Å². The minimum atomic E-state index is -0.909. The Kier molecular flexibility index (Phi) is 2.40. The minimum Gasteiger partial charge on any atom is -0.478 e. The van der Waals surface area contributed by atoms with E-state index in [0.29, 0.717) is 17.1 Å². The predicted octanol–water partition coefficient (Wildman–Crippen LogP) is 3.01. The average molecular weight is 244 g/mol. The Morgan fingerprint density at radius 3 is 2.94 bits per heavy atom. The second kappa shape index (κ2) is 3.83. The lowest BCUT2D eigenvalue weighted by Gasteiger charge is -2.05. The number of hydrogen-bond donors (Lipinski definition) is 1. The first-order valence-corrected chi connectivity index (χ1v) is 6.34. The number of aromatic nitrogens is 2. The Bertz CT molecular complexity index is 630. The van der Waals surface area contributed by atoms with Crippen LogP contribution in [-0.4, -0.2) is 20.6 Å². The molecule has 1 N–H and O–H groups in total. The zero-order chi connectivity index (χ0) is 12.9. The van der Waals surface area contributed by atoms with Crippen molar-refractivity contribution >= 4 is 17.0 Å². The average Bonchev–Trinajstić information content (AvgIpc) is 3.03. The van der Waals surface area contributed by atoms with Gasteiger partial charge in [-0.1, -0.05) is 19.4 Å². The number of aromatic carboxylic acids is 1. The third kappa shape index (κ3) is 1.52. The number of imidazole rings is 1. The van der Waals surface area contributed by atoms with Gasteiger partial charge in [-0.3, -0.25) is 0 Å². The van der Waals surface area contributed by atoms with Gasteiger partial charge in [0.2, 0.25) is 0 Å². The highest BCUT2D eigenvalue weighted by atomic mass is 16.4. The normalized spacial score (nSPS) is 22.3. The minimum absolute atomic E-state index is 0.294. The molecule has 1 saturated carbocycles. The lowest BCUT2D eigenvalue weighted by molar-refractivity contribution is 0.0699. The summed E-state index contributed by atoms with van der Waals surface area (Å²) in [7, 11) is 0. The lowest BCUT2D eigenvalue weighted by Crippen LogP contribution is -2.00. The first-order chi connectivity index (χ1) is 8.63. The van der Waals surface area contributed by atoms with Gasteiger partial charge in [-0.15, -0.1) is 0 Å². The van der Waals surface area contributed by atoms with Gasteiger partial charge in [0.05, 0.1) is 11.1 Å². The van der Waals surface area contributed by atoms with Crippen LogP contribution in [0.4, 0.5) is 0 Å². The molecule has 4 heteroatoms. The fourth-order valence-corrected chi connectivity index (χ4v) is 2.81. The fraction of sp³-hybridized carbons (Fsp3) is 0.429. The van der Waals surface area contributed by atoms with Crippen molar-refractivity contribution < 1.29 is 9.90 Å². The van der Waals surface area contributed by atoms with Crippen LogP contribution in [0.25, 0.3) is 11.0 Å². The number of para-hydroxylation sites is 1. The van der Waals surface area contributed by atoms with Gasteiger partial charge >= 0.3 is 5.97 Å². The molecule has 1 heterocycles. The van der Waals surface area contributed by atoms with E-state index >= 15 is 0 Å². The van der Waals surface area contributed by atoms with Crippen LogP contribution in [0.5, 0.6) is 0 Å². The molecule has 1 aliphatic rings. The number of benzene rings is 1. The van der Waals surface area contributed by atoms with Gasteiger partial charge in [0.1, 0.15) is 11.3 Å². The molecular formula is C14H16N2O2. The Balaban J connectivity index is 2.19. The van der Waals surface area contributed by atoms with Crippen LogP contribution in [0.2, 0.25) is 0 Å². The van der Waals surface area contributed by atoms with Gasteiger partial charge in [-0.25, -0.2) is 9.78 Å². The summed E-state index contributed by atoms with van der Waals surface area (Å²) in [6, 6.07) is 5.88. The molecular weight excluding hydrogens is 228 g/mol. The third-order valence-electron chi connectivity index (χ3n) is 3.87. The fourth-order valence-electron chi connectivity index (χ4n) is 2.81. The Hall–Kier alpha value is -1.84. The number of fused-ring (bicyclic) bond motifs is 1. The second-order valence-electron chi connectivity index (χ2n) is 4.98. The summed E-state index contributed by atoms with van der Waals surface area (Å²) >= 11 is 0. The molecule has 3 rings (SSSR count). The molecule has 0 spiro atoms. The van der Waals surface area contributed by atoms with Gasteiger partial charge in [-0.2, -0.15) is 0 Å². The molecule has 0 saturated heterocycles. The maximum atomic E-state index is 11.2. The highest BCUT2D eigenvalue weighted by Crippen LogP contribution is 2.47. The van der Waals surface area contributed by atoms with E-state index in [4.69, 9.17) is 0 Å². The molecule has 1 aromatic carbocycles. The summed E-state index contributed by atoms with van der Waals surface area (Å²) in [4.78, 5) is 15.6. The van der Waals surface area contributed by atoms with Gasteiger partial charge < -0.3 is 9.67 Å². The molecule has 2 aromatic rings. The van der Waals surface area contributed by atoms with Crippen molar-refractivity contribution in [3.05, 3.63) is 29.6 Å².